The number of thiophene rings is 1. The molecule has 2 atom stereocenters. The number of amides is 3. The largest absolute Gasteiger partial charge is 0.354 e. The van der Waals surface area contributed by atoms with Crippen molar-refractivity contribution in [1.82, 2.24) is 19.8 Å². The summed E-state index contributed by atoms with van der Waals surface area (Å²) in [7, 11) is -3.92. The lowest BCUT2D eigenvalue weighted by Gasteiger charge is -2.34. The molecule has 35 heavy (non-hydrogen) atoms. The molecule has 1 aromatic carbocycles. The Balaban J connectivity index is 1.39. The van der Waals surface area contributed by atoms with Crippen molar-refractivity contribution < 1.29 is 22.8 Å². The van der Waals surface area contributed by atoms with Gasteiger partial charge < -0.3 is 15.1 Å². The number of piperidine rings is 1. The van der Waals surface area contributed by atoms with Gasteiger partial charge in [-0.15, -0.1) is 11.3 Å². The quantitative estimate of drug-likeness (QED) is 0.533. The molecule has 2 fully saturated rings. The molecule has 12 heteroatoms. The third-order valence-electron chi connectivity index (χ3n) is 6.43. The van der Waals surface area contributed by atoms with Crippen LogP contribution in [0.2, 0.25) is 5.02 Å². The number of hydrogen-bond donors (Lipinski definition) is 2. The van der Waals surface area contributed by atoms with E-state index >= 15 is 0 Å². The second-order valence-corrected chi connectivity index (χ2v) is 12.3. The van der Waals surface area contributed by atoms with Crippen LogP contribution in [0.4, 0.5) is 0 Å². The number of benzene rings is 1. The number of carbonyl (C=O) groups excluding carboxylic acids is 3. The monoisotopic (exact) mass is 540 g/mol. The first-order valence-corrected chi connectivity index (χ1v) is 14.4. The van der Waals surface area contributed by atoms with Gasteiger partial charge in [0.2, 0.25) is 17.7 Å². The van der Waals surface area contributed by atoms with Crippen LogP contribution in [-0.2, 0) is 24.4 Å². The van der Waals surface area contributed by atoms with Crippen molar-refractivity contribution in [2.45, 2.75) is 55.3 Å². The number of nitrogens with zero attached hydrogens (tertiary/aromatic N) is 2. The fraction of sp³-hybridized carbons (Fsp3) is 0.522. The number of hydrogen-bond acceptors (Lipinski definition) is 6. The first kappa shape index (κ1) is 25.9. The summed E-state index contributed by atoms with van der Waals surface area (Å²) in [6, 6.07) is 5.70. The minimum atomic E-state index is -3.92. The van der Waals surface area contributed by atoms with Gasteiger partial charge in [0.1, 0.15) is 10.3 Å². The van der Waals surface area contributed by atoms with Crippen molar-refractivity contribution in [3.63, 3.8) is 0 Å². The van der Waals surface area contributed by atoms with E-state index in [2.05, 4.69) is 10.0 Å². The average molecular weight is 541 g/mol. The Morgan fingerprint density at radius 3 is 2.71 bits per heavy atom. The van der Waals surface area contributed by atoms with E-state index in [0.29, 0.717) is 43.9 Å². The Morgan fingerprint density at radius 1 is 1.17 bits per heavy atom. The summed E-state index contributed by atoms with van der Waals surface area (Å²) in [6.45, 7) is 3.05. The number of halogens is 1. The maximum absolute atomic E-state index is 13.1. The lowest BCUT2D eigenvalue weighted by molar-refractivity contribution is -0.143. The Labute approximate surface area is 213 Å². The number of rotatable bonds is 8. The Kier molecular flexibility index (Phi) is 7.99. The van der Waals surface area contributed by atoms with Crippen LogP contribution >= 0.6 is 22.9 Å². The van der Waals surface area contributed by atoms with E-state index in [0.717, 1.165) is 34.3 Å². The van der Waals surface area contributed by atoms with E-state index in [9.17, 15) is 22.8 Å². The molecule has 1 aromatic heterocycles. The predicted molar refractivity (Wildman–Crippen MR) is 135 cm³/mol. The Morgan fingerprint density at radius 2 is 1.94 bits per heavy atom. The second-order valence-electron chi connectivity index (χ2n) is 8.86. The van der Waals surface area contributed by atoms with Crippen molar-refractivity contribution >= 4 is 60.8 Å². The molecular formula is C23H29ClN4O5S2. The Hall–Kier alpha value is -2.21. The number of carbonyl (C=O) groups is 3. The molecule has 4 rings (SSSR count). The second kappa shape index (κ2) is 10.8. The molecule has 0 radical (unpaired) electrons. The van der Waals surface area contributed by atoms with Crippen molar-refractivity contribution in [3.8, 4) is 0 Å². The van der Waals surface area contributed by atoms with Gasteiger partial charge in [-0.2, -0.15) is 4.72 Å². The summed E-state index contributed by atoms with van der Waals surface area (Å²) < 4.78 is 29.5. The smallest absolute Gasteiger partial charge is 0.250 e. The van der Waals surface area contributed by atoms with Gasteiger partial charge in [0.05, 0.1) is 6.54 Å². The minimum absolute atomic E-state index is 0.0626. The maximum Gasteiger partial charge on any atom is 0.250 e. The van der Waals surface area contributed by atoms with Gasteiger partial charge in [0.15, 0.2) is 0 Å². The molecule has 3 amide bonds. The molecule has 190 valence electrons. The van der Waals surface area contributed by atoms with Gasteiger partial charge in [0, 0.05) is 41.8 Å². The lowest BCUT2D eigenvalue weighted by Crippen LogP contribution is -2.55. The van der Waals surface area contributed by atoms with E-state index in [1.165, 1.54) is 4.90 Å². The predicted octanol–water partition coefficient (Wildman–Crippen LogP) is 2.34. The molecule has 9 nitrogen and oxygen atoms in total. The van der Waals surface area contributed by atoms with Gasteiger partial charge >= 0.3 is 0 Å². The van der Waals surface area contributed by atoms with Crippen molar-refractivity contribution in [2.75, 3.05) is 26.2 Å². The molecule has 3 heterocycles. The third-order valence-corrected chi connectivity index (χ3v) is 9.72. The highest BCUT2D eigenvalue weighted by atomic mass is 35.5. The van der Waals surface area contributed by atoms with Crippen molar-refractivity contribution in [3.05, 3.63) is 29.3 Å². The lowest BCUT2D eigenvalue weighted by atomic mass is 10.1. The van der Waals surface area contributed by atoms with Gasteiger partial charge in [-0.3, -0.25) is 14.4 Å². The molecule has 0 spiro atoms. The summed E-state index contributed by atoms with van der Waals surface area (Å²) in [5, 5.41) is 4.08. The molecule has 0 saturated carbocycles. The number of nitrogens with one attached hydrogen (secondary N) is 2. The first-order chi connectivity index (χ1) is 16.7. The van der Waals surface area contributed by atoms with Gasteiger partial charge in [0.25, 0.3) is 10.0 Å². The minimum Gasteiger partial charge on any atom is -0.354 e. The molecule has 0 bridgehead atoms. The average Bonchev–Trinajstić information content (AvgIpc) is 3.47. The van der Waals surface area contributed by atoms with Crippen LogP contribution in [0.3, 0.4) is 0 Å². The molecule has 2 aliphatic heterocycles. The van der Waals surface area contributed by atoms with Crippen LogP contribution in [0.1, 0.15) is 39.0 Å². The summed E-state index contributed by atoms with van der Waals surface area (Å²) in [5.41, 5.74) is 0. The summed E-state index contributed by atoms with van der Waals surface area (Å²) >= 11 is 7.12. The summed E-state index contributed by atoms with van der Waals surface area (Å²) in [4.78, 5) is 40.8. The van der Waals surface area contributed by atoms with Crippen LogP contribution in [0.15, 0.2) is 28.5 Å². The molecule has 2 aromatic rings. The molecule has 2 unspecified atom stereocenters. The van der Waals surface area contributed by atoms with Crippen LogP contribution in [-0.4, -0.2) is 74.2 Å². The van der Waals surface area contributed by atoms with Gasteiger partial charge in [-0.25, -0.2) is 8.42 Å². The Bertz CT molecular complexity index is 1230. The van der Waals surface area contributed by atoms with Gasteiger partial charge in [-0.1, -0.05) is 18.5 Å². The number of fused-ring (bicyclic) bond motifs is 1. The fourth-order valence-electron chi connectivity index (χ4n) is 4.56. The van der Waals surface area contributed by atoms with E-state index in [1.807, 2.05) is 0 Å². The van der Waals surface area contributed by atoms with Crippen LogP contribution in [0.25, 0.3) is 10.1 Å². The number of sulfonamides is 1. The number of likely N-dealkylation sites (tertiary alicyclic amines) is 2. The van der Waals surface area contributed by atoms with E-state index < -0.39 is 22.0 Å². The molecule has 2 saturated heterocycles. The van der Waals surface area contributed by atoms with Crippen LogP contribution in [0, 0.1) is 0 Å². The highest BCUT2D eigenvalue weighted by Crippen LogP contribution is 2.31. The van der Waals surface area contributed by atoms with E-state index in [-0.39, 0.29) is 28.6 Å². The SMILES string of the molecule is CCC(=O)NCC1CCCN1C(=O)CN1CCCC(NS(=O)(=O)c2cc3cc(Cl)ccc3s2)C1=O. The van der Waals surface area contributed by atoms with E-state index in [4.69, 9.17) is 11.6 Å². The van der Waals surface area contributed by atoms with Crippen LogP contribution < -0.4 is 10.0 Å². The summed E-state index contributed by atoms with van der Waals surface area (Å²) in [6.07, 6.45) is 2.98. The van der Waals surface area contributed by atoms with E-state index in [1.54, 1.807) is 36.1 Å². The highest BCUT2D eigenvalue weighted by molar-refractivity contribution is 7.91. The molecular weight excluding hydrogens is 512 g/mol. The van der Waals surface area contributed by atoms with Gasteiger partial charge in [-0.05, 0) is 55.3 Å². The topological polar surface area (TPSA) is 116 Å². The maximum atomic E-state index is 13.1. The molecule has 2 aliphatic rings. The zero-order valence-electron chi connectivity index (χ0n) is 19.5. The molecule has 2 N–H and O–H groups in total. The zero-order valence-corrected chi connectivity index (χ0v) is 21.8. The zero-order chi connectivity index (χ0) is 25.2. The summed E-state index contributed by atoms with van der Waals surface area (Å²) in [5.74, 6) is -0.642. The highest BCUT2D eigenvalue weighted by Gasteiger charge is 2.36. The van der Waals surface area contributed by atoms with Crippen molar-refractivity contribution in [2.24, 2.45) is 0 Å². The standard InChI is InChI=1S/C23H29ClN4O5S2/c1-2-20(29)25-13-17-5-3-10-28(17)21(30)14-27-9-4-6-18(23(27)31)26-35(32,33)22-12-15-11-16(24)7-8-19(15)34-22/h7-8,11-12,17-18,26H,2-6,9-10,13-14H2,1H3,(H,25,29). The fourth-order valence-corrected chi connectivity index (χ4v) is 7.36. The third kappa shape index (κ3) is 5.96. The molecule has 0 aliphatic carbocycles. The van der Waals surface area contributed by atoms with Crippen molar-refractivity contribution in [1.29, 1.82) is 0 Å². The first-order valence-electron chi connectivity index (χ1n) is 11.7. The van der Waals surface area contributed by atoms with Crippen LogP contribution in [0.5, 0.6) is 0 Å². The normalized spacial score (nSPS) is 21.0.